The molecular weight excluding hydrogens is 162 g/mol. The Morgan fingerprint density at radius 2 is 2.08 bits per heavy atom. The number of hydrogen-bond acceptors (Lipinski definition) is 2. The van der Waals surface area contributed by atoms with E-state index in [1.807, 2.05) is 39.0 Å². The summed E-state index contributed by atoms with van der Waals surface area (Å²) < 4.78 is 5.23. The Balaban J connectivity index is 2.59. The molecule has 2 nitrogen and oxygen atoms in total. The van der Waals surface area contributed by atoms with Gasteiger partial charge in [-0.25, -0.2) is 4.98 Å². The Labute approximate surface area is 79.0 Å². The van der Waals surface area contributed by atoms with Gasteiger partial charge in [0.15, 0.2) is 0 Å². The third kappa shape index (κ3) is 4.17. The second kappa shape index (κ2) is 3.95. The molecule has 0 aliphatic carbocycles. The van der Waals surface area contributed by atoms with Crippen molar-refractivity contribution >= 4 is 0 Å². The van der Waals surface area contributed by atoms with E-state index in [2.05, 4.69) is 17.0 Å². The molecule has 68 valence electrons. The molecule has 0 aliphatic heterocycles. The van der Waals surface area contributed by atoms with Crippen LogP contribution in [0.2, 0.25) is 0 Å². The molecular formula is C11H13NO. The molecule has 0 saturated heterocycles. The first-order valence-electron chi connectivity index (χ1n) is 4.18. The summed E-state index contributed by atoms with van der Waals surface area (Å²) in [5.74, 6) is 2.82. The van der Waals surface area contributed by atoms with Crippen molar-refractivity contribution in [2.75, 3.05) is 0 Å². The summed E-state index contributed by atoms with van der Waals surface area (Å²) in [5, 5.41) is 0. The van der Waals surface area contributed by atoms with Crippen LogP contribution in [0.1, 0.15) is 26.5 Å². The van der Waals surface area contributed by atoms with Crippen molar-refractivity contribution in [3.63, 3.8) is 0 Å². The molecule has 0 radical (unpaired) electrons. The fourth-order valence-electron chi connectivity index (χ4n) is 0.668. The maximum Gasteiger partial charge on any atom is 0.117 e. The van der Waals surface area contributed by atoms with Crippen LogP contribution in [0.5, 0.6) is 0 Å². The minimum atomic E-state index is -0.220. The van der Waals surface area contributed by atoms with Crippen molar-refractivity contribution in [2.45, 2.75) is 26.4 Å². The SMILES string of the molecule is CC(C)(C)OC#Cc1ccccn1. The van der Waals surface area contributed by atoms with Crippen molar-refractivity contribution < 1.29 is 4.74 Å². The zero-order chi connectivity index (χ0) is 9.73. The molecule has 0 aromatic carbocycles. The lowest BCUT2D eigenvalue weighted by molar-refractivity contribution is 0.0963. The van der Waals surface area contributed by atoms with Crippen LogP contribution in [0.15, 0.2) is 24.4 Å². The standard InChI is InChI=1S/C11H13NO/c1-11(2,3)13-9-7-10-6-4-5-8-12-10/h4-6,8H,1-3H3. The maximum atomic E-state index is 5.23. The summed E-state index contributed by atoms with van der Waals surface area (Å²) in [4.78, 5) is 4.04. The molecule has 0 fully saturated rings. The molecule has 1 rings (SSSR count). The summed E-state index contributed by atoms with van der Waals surface area (Å²) in [6, 6.07) is 5.60. The van der Waals surface area contributed by atoms with Gasteiger partial charge in [-0.2, -0.15) is 0 Å². The van der Waals surface area contributed by atoms with E-state index in [-0.39, 0.29) is 5.60 Å². The molecule has 0 bridgehead atoms. The van der Waals surface area contributed by atoms with Gasteiger partial charge in [-0.05, 0) is 38.8 Å². The fourth-order valence-corrected chi connectivity index (χ4v) is 0.668. The average Bonchev–Trinajstić information content (AvgIpc) is 2.04. The molecule has 1 heterocycles. The first-order valence-corrected chi connectivity index (χ1v) is 4.18. The lowest BCUT2D eigenvalue weighted by atomic mass is 10.2. The molecule has 0 unspecified atom stereocenters. The van der Waals surface area contributed by atoms with Crippen LogP contribution in [0.4, 0.5) is 0 Å². The Hall–Kier alpha value is -1.49. The molecule has 0 saturated carbocycles. The normalized spacial score (nSPS) is 10.1. The van der Waals surface area contributed by atoms with Crippen LogP contribution in [0, 0.1) is 12.0 Å². The van der Waals surface area contributed by atoms with Gasteiger partial charge < -0.3 is 4.74 Å². The van der Waals surface area contributed by atoms with E-state index in [0.717, 1.165) is 5.69 Å². The van der Waals surface area contributed by atoms with Crippen LogP contribution >= 0.6 is 0 Å². The van der Waals surface area contributed by atoms with Gasteiger partial charge in [-0.3, -0.25) is 0 Å². The van der Waals surface area contributed by atoms with Crippen LogP contribution in [-0.2, 0) is 4.74 Å². The predicted molar refractivity (Wildman–Crippen MR) is 52.0 cm³/mol. The predicted octanol–water partition coefficient (Wildman–Crippen LogP) is 2.21. The van der Waals surface area contributed by atoms with Gasteiger partial charge in [0.25, 0.3) is 0 Å². The van der Waals surface area contributed by atoms with E-state index < -0.39 is 0 Å². The molecule has 0 aliphatic rings. The molecule has 0 amide bonds. The van der Waals surface area contributed by atoms with Crippen molar-refractivity contribution in [1.82, 2.24) is 4.98 Å². The highest BCUT2D eigenvalue weighted by Crippen LogP contribution is 2.04. The van der Waals surface area contributed by atoms with Gasteiger partial charge in [-0.15, -0.1) is 0 Å². The topological polar surface area (TPSA) is 22.1 Å². The summed E-state index contributed by atoms with van der Waals surface area (Å²) in [5.41, 5.74) is 0.508. The lowest BCUT2D eigenvalue weighted by Crippen LogP contribution is -2.15. The second-order valence-corrected chi connectivity index (χ2v) is 3.66. The monoisotopic (exact) mass is 175 g/mol. The molecule has 0 atom stereocenters. The van der Waals surface area contributed by atoms with Crippen LogP contribution in [0.3, 0.4) is 0 Å². The summed E-state index contributed by atoms with van der Waals surface area (Å²) in [6.07, 6.45) is 4.34. The first-order chi connectivity index (χ1) is 6.08. The van der Waals surface area contributed by atoms with E-state index in [1.54, 1.807) is 6.20 Å². The van der Waals surface area contributed by atoms with Crippen molar-refractivity contribution in [2.24, 2.45) is 0 Å². The molecule has 1 aromatic rings. The number of pyridine rings is 1. The van der Waals surface area contributed by atoms with Gasteiger partial charge in [0.05, 0.1) is 0 Å². The minimum Gasteiger partial charge on any atom is -0.441 e. The highest BCUT2D eigenvalue weighted by molar-refractivity contribution is 5.24. The van der Waals surface area contributed by atoms with Crippen molar-refractivity contribution in [3.8, 4) is 12.0 Å². The van der Waals surface area contributed by atoms with E-state index in [4.69, 9.17) is 4.74 Å². The number of nitrogens with zero attached hydrogens (tertiary/aromatic N) is 1. The first kappa shape index (κ1) is 9.60. The molecule has 1 aromatic heterocycles. The Morgan fingerprint density at radius 3 is 2.62 bits per heavy atom. The van der Waals surface area contributed by atoms with E-state index in [1.165, 1.54) is 0 Å². The van der Waals surface area contributed by atoms with Crippen molar-refractivity contribution in [1.29, 1.82) is 0 Å². The van der Waals surface area contributed by atoms with Crippen LogP contribution in [-0.4, -0.2) is 10.6 Å². The third-order valence-electron chi connectivity index (χ3n) is 1.20. The maximum absolute atomic E-state index is 5.23. The second-order valence-electron chi connectivity index (χ2n) is 3.66. The molecule has 0 spiro atoms. The van der Waals surface area contributed by atoms with Crippen LogP contribution in [0.25, 0.3) is 0 Å². The number of aromatic nitrogens is 1. The minimum absolute atomic E-state index is 0.220. The number of hydrogen-bond donors (Lipinski definition) is 0. The number of ether oxygens (including phenoxy) is 1. The molecule has 2 heteroatoms. The zero-order valence-corrected chi connectivity index (χ0v) is 8.16. The van der Waals surface area contributed by atoms with Gasteiger partial charge in [0.2, 0.25) is 0 Å². The van der Waals surface area contributed by atoms with Crippen LogP contribution < -0.4 is 0 Å². The van der Waals surface area contributed by atoms with Crippen molar-refractivity contribution in [3.05, 3.63) is 30.1 Å². The fraction of sp³-hybridized carbons (Fsp3) is 0.364. The highest BCUT2D eigenvalue weighted by Gasteiger charge is 2.07. The molecule has 13 heavy (non-hydrogen) atoms. The third-order valence-corrected chi connectivity index (χ3v) is 1.20. The Morgan fingerprint density at radius 1 is 1.31 bits per heavy atom. The Bertz CT molecular complexity index is 313. The van der Waals surface area contributed by atoms with E-state index in [9.17, 15) is 0 Å². The van der Waals surface area contributed by atoms with E-state index >= 15 is 0 Å². The van der Waals surface area contributed by atoms with Gasteiger partial charge >= 0.3 is 0 Å². The highest BCUT2D eigenvalue weighted by atomic mass is 16.5. The quantitative estimate of drug-likeness (QED) is 0.564. The van der Waals surface area contributed by atoms with E-state index in [0.29, 0.717) is 0 Å². The van der Waals surface area contributed by atoms with Gasteiger partial charge in [-0.1, -0.05) is 6.07 Å². The van der Waals surface area contributed by atoms with Gasteiger partial charge in [0.1, 0.15) is 17.4 Å². The average molecular weight is 175 g/mol. The summed E-state index contributed by atoms with van der Waals surface area (Å²) in [6.45, 7) is 5.88. The summed E-state index contributed by atoms with van der Waals surface area (Å²) >= 11 is 0. The zero-order valence-electron chi connectivity index (χ0n) is 8.16. The number of rotatable bonds is 0. The lowest BCUT2D eigenvalue weighted by Gasteiger charge is -2.14. The molecule has 0 N–H and O–H groups in total. The van der Waals surface area contributed by atoms with Gasteiger partial charge in [0, 0.05) is 6.20 Å². The Kier molecular flexibility index (Phi) is 2.92. The largest absolute Gasteiger partial charge is 0.441 e. The summed E-state index contributed by atoms with van der Waals surface area (Å²) in [7, 11) is 0. The smallest absolute Gasteiger partial charge is 0.117 e.